The molecule has 10 atom stereocenters. The quantitative estimate of drug-likeness (QED) is 0.256. The van der Waals surface area contributed by atoms with Gasteiger partial charge < -0.3 is 34.3 Å². The van der Waals surface area contributed by atoms with Crippen LogP contribution in [0.5, 0.6) is 0 Å². The smallest absolute Gasteiger partial charge is 0.303 e. The zero-order chi connectivity index (χ0) is 29.6. The predicted octanol–water partition coefficient (Wildman–Crippen LogP) is 1.45. The van der Waals surface area contributed by atoms with Gasteiger partial charge in [0, 0.05) is 63.9 Å². The summed E-state index contributed by atoms with van der Waals surface area (Å²) < 4.78 is 22.9. The third kappa shape index (κ3) is 5.45. The number of rotatable bonds is 5. The molecule has 3 rings (SSSR count). The molecule has 220 valence electrons. The minimum atomic E-state index is -1.53. The zero-order valence-corrected chi connectivity index (χ0v) is 23.9. The van der Waals surface area contributed by atoms with Crippen LogP contribution < -0.4 is 0 Å². The van der Waals surface area contributed by atoms with E-state index in [2.05, 4.69) is 0 Å². The zero-order valence-electron chi connectivity index (χ0n) is 23.9. The van der Waals surface area contributed by atoms with Crippen LogP contribution >= 0.6 is 0 Å². The van der Waals surface area contributed by atoms with E-state index in [1.54, 1.807) is 13.8 Å². The van der Waals surface area contributed by atoms with Crippen molar-refractivity contribution in [3.63, 3.8) is 0 Å². The van der Waals surface area contributed by atoms with Gasteiger partial charge in [-0.2, -0.15) is 0 Å². The van der Waals surface area contributed by atoms with E-state index < -0.39 is 95.7 Å². The third-order valence-electron chi connectivity index (χ3n) is 9.22. The Balaban J connectivity index is 2.40. The number of carbonyl (C=O) groups excluding carboxylic acids is 4. The summed E-state index contributed by atoms with van der Waals surface area (Å²) in [7, 11) is 0. The molecule has 2 saturated carbocycles. The summed E-state index contributed by atoms with van der Waals surface area (Å²) in [6, 6.07) is 0. The second-order valence-electron chi connectivity index (χ2n) is 11.9. The molecule has 3 aliphatic carbocycles. The SMILES string of the molecule is CC(=O)OC1CC2C(OC(C)=O)C3C(CO)C(OC(C)=O)CC(O)C3(C)C(O)C(OC(C)=O)C(=C1C)C2(C)C. The van der Waals surface area contributed by atoms with E-state index in [9.17, 15) is 34.5 Å². The van der Waals surface area contributed by atoms with Crippen LogP contribution in [0.3, 0.4) is 0 Å². The van der Waals surface area contributed by atoms with Gasteiger partial charge in [-0.3, -0.25) is 19.2 Å². The average Bonchev–Trinajstić information content (AvgIpc) is 2.79. The molecule has 2 bridgehead atoms. The van der Waals surface area contributed by atoms with Gasteiger partial charge in [-0.15, -0.1) is 0 Å². The molecule has 0 aromatic heterocycles. The first kappa shape index (κ1) is 31.0. The summed E-state index contributed by atoms with van der Waals surface area (Å²) in [5.74, 6) is -4.81. The van der Waals surface area contributed by atoms with Crippen LogP contribution in [-0.2, 0) is 38.1 Å². The number of esters is 4. The van der Waals surface area contributed by atoms with Crippen molar-refractivity contribution in [1.82, 2.24) is 0 Å². The molecule has 0 aliphatic heterocycles. The number of carbonyl (C=O) groups is 4. The Bertz CT molecular complexity index is 1030. The van der Waals surface area contributed by atoms with Crippen molar-refractivity contribution in [1.29, 1.82) is 0 Å². The molecule has 10 unspecified atom stereocenters. The van der Waals surface area contributed by atoms with E-state index in [0.717, 1.165) is 0 Å². The topological polar surface area (TPSA) is 166 Å². The first-order valence-electron chi connectivity index (χ1n) is 13.3. The van der Waals surface area contributed by atoms with Gasteiger partial charge in [-0.25, -0.2) is 0 Å². The Morgan fingerprint density at radius 1 is 0.846 bits per heavy atom. The van der Waals surface area contributed by atoms with Gasteiger partial charge in [-0.1, -0.05) is 20.8 Å². The summed E-state index contributed by atoms with van der Waals surface area (Å²) in [5, 5.41) is 34.3. The number of ether oxygens (including phenoxy) is 4. The van der Waals surface area contributed by atoms with Crippen molar-refractivity contribution in [3.8, 4) is 0 Å². The summed E-state index contributed by atoms with van der Waals surface area (Å²) in [4.78, 5) is 48.9. The van der Waals surface area contributed by atoms with Gasteiger partial charge in [-0.05, 0) is 29.9 Å². The van der Waals surface area contributed by atoms with Crippen molar-refractivity contribution in [3.05, 3.63) is 11.1 Å². The third-order valence-corrected chi connectivity index (χ3v) is 9.22. The first-order valence-corrected chi connectivity index (χ1v) is 13.3. The Kier molecular flexibility index (Phi) is 8.89. The fourth-order valence-corrected chi connectivity index (χ4v) is 7.57. The van der Waals surface area contributed by atoms with Crippen molar-refractivity contribution < 1.29 is 53.4 Å². The molecule has 0 radical (unpaired) electrons. The number of fused-ring (bicyclic) bond motifs is 3. The summed E-state index contributed by atoms with van der Waals surface area (Å²) in [5.41, 5.74) is -1.25. The average molecular weight is 555 g/mol. The second kappa shape index (κ2) is 11.2. The van der Waals surface area contributed by atoms with Crippen LogP contribution in [0.4, 0.5) is 0 Å². The van der Waals surface area contributed by atoms with Crippen molar-refractivity contribution >= 4 is 23.9 Å². The van der Waals surface area contributed by atoms with Crippen molar-refractivity contribution in [2.45, 2.75) is 105 Å². The number of aliphatic hydroxyl groups is 3. The highest BCUT2D eigenvalue weighted by molar-refractivity contribution is 5.68. The van der Waals surface area contributed by atoms with Crippen LogP contribution in [0.15, 0.2) is 11.1 Å². The fourth-order valence-electron chi connectivity index (χ4n) is 7.57. The van der Waals surface area contributed by atoms with Gasteiger partial charge in [0.25, 0.3) is 0 Å². The molecule has 0 saturated heterocycles. The van der Waals surface area contributed by atoms with Crippen LogP contribution in [0, 0.1) is 28.6 Å². The van der Waals surface area contributed by atoms with Gasteiger partial charge >= 0.3 is 23.9 Å². The van der Waals surface area contributed by atoms with Crippen LogP contribution in [0.25, 0.3) is 0 Å². The summed E-state index contributed by atoms with van der Waals surface area (Å²) in [6.45, 7) is 11.5. The maximum atomic E-state index is 12.6. The first-order chi connectivity index (χ1) is 18.0. The van der Waals surface area contributed by atoms with E-state index in [1.807, 2.05) is 13.8 Å². The summed E-state index contributed by atoms with van der Waals surface area (Å²) >= 11 is 0. The Morgan fingerprint density at radius 2 is 1.38 bits per heavy atom. The lowest BCUT2D eigenvalue weighted by Gasteiger charge is -2.62. The van der Waals surface area contributed by atoms with E-state index in [1.165, 1.54) is 27.7 Å². The molecular weight excluding hydrogens is 512 g/mol. The molecule has 0 heterocycles. The molecule has 0 aromatic rings. The van der Waals surface area contributed by atoms with Gasteiger partial charge in [0.15, 0.2) is 6.10 Å². The number of aliphatic hydroxyl groups excluding tert-OH is 3. The Labute approximate surface area is 228 Å². The molecule has 2 fully saturated rings. The molecule has 11 heteroatoms. The highest BCUT2D eigenvalue weighted by atomic mass is 16.6. The summed E-state index contributed by atoms with van der Waals surface area (Å²) in [6.07, 6.45) is -6.68. The molecule has 0 aromatic carbocycles. The molecule has 3 N–H and O–H groups in total. The highest BCUT2D eigenvalue weighted by Gasteiger charge is 2.67. The van der Waals surface area contributed by atoms with Crippen LogP contribution in [0.2, 0.25) is 0 Å². The standard InChI is InChI=1S/C28H42O11/c1-12-19(36-13(2)30)9-18-24(38-15(4)32)23-17(11-29)20(37-14(3)31)10-21(34)28(23,8)26(35)25(39-16(5)33)22(12)27(18,6)7/h17-21,23-26,29,34-35H,9-11H2,1-8H3. The Morgan fingerprint density at radius 3 is 1.87 bits per heavy atom. The van der Waals surface area contributed by atoms with E-state index >= 15 is 0 Å². The van der Waals surface area contributed by atoms with E-state index in [-0.39, 0.29) is 12.8 Å². The molecular formula is C28H42O11. The van der Waals surface area contributed by atoms with Gasteiger partial charge in [0.05, 0.1) is 6.10 Å². The highest BCUT2D eigenvalue weighted by Crippen LogP contribution is 2.60. The molecule has 0 spiro atoms. The van der Waals surface area contributed by atoms with E-state index in [0.29, 0.717) is 11.1 Å². The normalized spacial score (nSPS) is 39.4. The van der Waals surface area contributed by atoms with Gasteiger partial charge in [0.1, 0.15) is 24.4 Å². The lowest BCUT2D eigenvalue weighted by molar-refractivity contribution is -0.249. The second-order valence-corrected chi connectivity index (χ2v) is 11.9. The minimum Gasteiger partial charge on any atom is -0.462 e. The fraction of sp³-hybridized carbons (Fsp3) is 0.786. The van der Waals surface area contributed by atoms with Gasteiger partial charge in [0.2, 0.25) is 0 Å². The molecule has 39 heavy (non-hydrogen) atoms. The number of hydrogen-bond acceptors (Lipinski definition) is 11. The lowest BCUT2D eigenvalue weighted by atomic mass is 9.47. The maximum absolute atomic E-state index is 12.6. The Hall–Kier alpha value is -2.50. The van der Waals surface area contributed by atoms with Crippen molar-refractivity contribution in [2.75, 3.05) is 6.61 Å². The number of hydrogen-bond donors (Lipinski definition) is 3. The largest absolute Gasteiger partial charge is 0.462 e. The maximum Gasteiger partial charge on any atom is 0.303 e. The molecule has 11 nitrogen and oxygen atoms in total. The minimum absolute atomic E-state index is 0.101. The molecule has 0 amide bonds. The van der Waals surface area contributed by atoms with Crippen LogP contribution in [0.1, 0.15) is 68.2 Å². The van der Waals surface area contributed by atoms with Crippen LogP contribution in [-0.4, -0.2) is 82.4 Å². The van der Waals surface area contributed by atoms with E-state index in [4.69, 9.17) is 18.9 Å². The van der Waals surface area contributed by atoms with Crippen molar-refractivity contribution in [2.24, 2.45) is 28.6 Å². The molecule has 3 aliphatic rings. The lowest BCUT2D eigenvalue weighted by Crippen LogP contribution is -2.69. The monoisotopic (exact) mass is 554 g/mol. The predicted molar refractivity (Wildman–Crippen MR) is 136 cm³/mol.